The number of nitrogens with zero attached hydrogens (tertiary/aromatic N) is 3. The van der Waals surface area contributed by atoms with Crippen LogP contribution in [0.1, 0.15) is 38.8 Å². The van der Waals surface area contributed by atoms with Crippen LogP contribution in [0.3, 0.4) is 0 Å². The Morgan fingerprint density at radius 2 is 2.28 bits per heavy atom. The molecule has 1 aliphatic heterocycles. The topological polar surface area (TPSA) is 47.1 Å². The highest BCUT2D eigenvalue weighted by molar-refractivity contribution is 5.34. The minimum atomic E-state index is 0.349. The van der Waals surface area contributed by atoms with Gasteiger partial charge in [-0.2, -0.15) is 0 Å². The van der Waals surface area contributed by atoms with Gasteiger partial charge in [0.2, 0.25) is 5.95 Å². The summed E-state index contributed by atoms with van der Waals surface area (Å²) >= 11 is 0. The van der Waals surface area contributed by atoms with Crippen LogP contribution in [0.15, 0.2) is 6.20 Å². The molecule has 2 heterocycles. The Kier molecular flexibility index (Phi) is 4.27. The highest BCUT2D eigenvalue weighted by Gasteiger charge is 2.25. The van der Waals surface area contributed by atoms with Gasteiger partial charge in [-0.25, -0.2) is 4.98 Å². The van der Waals surface area contributed by atoms with Gasteiger partial charge in [0.1, 0.15) is 0 Å². The minimum absolute atomic E-state index is 0.349. The van der Waals surface area contributed by atoms with E-state index in [1.165, 1.54) is 12.8 Å². The molecule has 4 nitrogen and oxygen atoms in total. The maximum absolute atomic E-state index is 6.09. The summed E-state index contributed by atoms with van der Waals surface area (Å²) in [6.45, 7) is 9.68. The predicted molar refractivity (Wildman–Crippen MR) is 75.8 cm³/mol. The van der Waals surface area contributed by atoms with Crippen LogP contribution in [0.4, 0.5) is 5.95 Å². The Morgan fingerprint density at radius 1 is 1.50 bits per heavy atom. The summed E-state index contributed by atoms with van der Waals surface area (Å²) in [5.74, 6) is 1.69. The molecule has 1 aliphatic rings. The largest absolute Gasteiger partial charge is 0.342 e. The zero-order chi connectivity index (χ0) is 13.1. The Balaban J connectivity index is 2.12. The van der Waals surface area contributed by atoms with Crippen molar-refractivity contribution in [3.8, 4) is 0 Å². The third-order valence-corrected chi connectivity index (χ3v) is 3.88. The molecule has 0 bridgehead atoms. The van der Waals surface area contributed by atoms with Crippen LogP contribution >= 0.6 is 0 Å². The van der Waals surface area contributed by atoms with Crippen molar-refractivity contribution in [3.63, 3.8) is 0 Å². The Hall–Kier alpha value is -1.03. The first kappa shape index (κ1) is 13.4. The number of unbranched alkanes of at least 4 members (excludes halogenated alkanes) is 1. The highest BCUT2D eigenvalue weighted by atomic mass is 15.3. The summed E-state index contributed by atoms with van der Waals surface area (Å²) in [4.78, 5) is 7.09. The average Bonchev–Trinajstić information content (AvgIpc) is 2.71. The molecule has 0 amide bonds. The molecular formula is C14H26N4. The number of rotatable bonds is 4. The number of piperidine rings is 1. The Morgan fingerprint density at radius 3 is 2.94 bits per heavy atom. The second kappa shape index (κ2) is 5.74. The summed E-state index contributed by atoms with van der Waals surface area (Å²) in [5, 5.41) is 0. The predicted octanol–water partition coefficient (Wildman–Crippen LogP) is 2.17. The lowest BCUT2D eigenvalue weighted by molar-refractivity contribution is 0.377. The first-order chi connectivity index (χ1) is 8.61. The van der Waals surface area contributed by atoms with Crippen LogP contribution in [0.25, 0.3) is 0 Å². The number of aromatic nitrogens is 2. The van der Waals surface area contributed by atoms with Crippen LogP contribution in [0, 0.1) is 12.8 Å². The fraction of sp³-hybridized carbons (Fsp3) is 0.786. The van der Waals surface area contributed by atoms with Crippen LogP contribution in [0.5, 0.6) is 0 Å². The first-order valence-corrected chi connectivity index (χ1v) is 7.16. The van der Waals surface area contributed by atoms with Gasteiger partial charge >= 0.3 is 0 Å². The molecule has 0 radical (unpaired) electrons. The summed E-state index contributed by atoms with van der Waals surface area (Å²) in [5.41, 5.74) is 7.20. The molecule has 0 spiro atoms. The van der Waals surface area contributed by atoms with E-state index < -0.39 is 0 Å². The number of imidazole rings is 1. The van der Waals surface area contributed by atoms with Crippen LogP contribution in [-0.2, 0) is 6.54 Å². The Bertz CT molecular complexity index is 385. The minimum Gasteiger partial charge on any atom is -0.342 e. The van der Waals surface area contributed by atoms with E-state index in [0.717, 1.165) is 37.7 Å². The number of anilines is 1. The third-order valence-electron chi connectivity index (χ3n) is 3.88. The van der Waals surface area contributed by atoms with E-state index >= 15 is 0 Å². The standard InChI is InChI=1S/C14H26N4/c1-4-5-7-17-10-12(3)16-14(17)18-8-6-13(15)11(2)9-18/h10-11,13H,4-9,15H2,1-3H3. The van der Waals surface area contributed by atoms with Gasteiger partial charge in [0.15, 0.2) is 0 Å². The van der Waals surface area contributed by atoms with Crippen molar-refractivity contribution in [3.05, 3.63) is 11.9 Å². The van der Waals surface area contributed by atoms with Gasteiger partial charge < -0.3 is 15.2 Å². The number of hydrogen-bond donors (Lipinski definition) is 1. The Labute approximate surface area is 110 Å². The molecule has 4 heteroatoms. The van der Waals surface area contributed by atoms with Crippen LogP contribution < -0.4 is 10.6 Å². The van der Waals surface area contributed by atoms with Gasteiger partial charge in [-0.05, 0) is 25.7 Å². The molecule has 0 aliphatic carbocycles. The van der Waals surface area contributed by atoms with Gasteiger partial charge in [-0.15, -0.1) is 0 Å². The second-order valence-electron chi connectivity index (χ2n) is 5.61. The molecule has 0 saturated carbocycles. The third kappa shape index (κ3) is 2.86. The highest BCUT2D eigenvalue weighted by Crippen LogP contribution is 2.22. The smallest absolute Gasteiger partial charge is 0.205 e. The van der Waals surface area contributed by atoms with Crippen molar-refractivity contribution in [2.24, 2.45) is 11.7 Å². The first-order valence-electron chi connectivity index (χ1n) is 7.16. The van der Waals surface area contributed by atoms with Gasteiger partial charge in [0.25, 0.3) is 0 Å². The van der Waals surface area contributed by atoms with Gasteiger partial charge in [0.05, 0.1) is 5.69 Å². The fourth-order valence-electron chi connectivity index (χ4n) is 2.62. The van der Waals surface area contributed by atoms with Crippen molar-refractivity contribution in [2.45, 2.75) is 52.6 Å². The van der Waals surface area contributed by atoms with E-state index in [4.69, 9.17) is 10.7 Å². The monoisotopic (exact) mass is 250 g/mol. The molecule has 2 unspecified atom stereocenters. The molecule has 1 saturated heterocycles. The van der Waals surface area contributed by atoms with Crippen molar-refractivity contribution in [2.75, 3.05) is 18.0 Å². The zero-order valence-electron chi connectivity index (χ0n) is 11.9. The summed E-state index contributed by atoms with van der Waals surface area (Å²) < 4.78 is 2.31. The summed E-state index contributed by atoms with van der Waals surface area (Å²) in [6, 6.07) is 0.349. The molecule has 0 aromatic carbocycles. The lowest BCUT2D eigenvalue weighted by Gasteiger charge is -2.35. The number of aryl methyl sites for hydroxylation is 2. The molecule has 1 fully saturated rings. The SMILES string of the molecule is CCCCn1cc(C)nc1N1CCC(N)C(C)C1. The van der Waals surface area contributed by atoms with Gasteiger partial charge in [0, 0.05) is 31.9 Å². The van der Waals surface area contributed by atoms with Crippen LogP contribution in [-0.4, -0.2) is 28.7 Å². The maximum Gasteiger partial charge on any atom is 0.205 e. The van der Waals surface area contributed by atoms with Crippen LogP contribution in [0.2, 0.25) is 0 Å². The number of hydrogen-bond acceptors (Lipinski definition) is 3. The molecule has 2 atom stereocenters. The quantitative estimate of drug-likeness (QED) is 0.891. The van der Waals surface area contributed by atoms with E-state index in [0.29, 0.717) is 12.0 Å². The van der Waals surface area contributed by atoms with Gasteiger partial charge in [-0.1, -0.05) is 20.3 Å². The van der Waals surface area contributed by atoms with Crippen molar-refractivity contribution < 1.29 is 0 Å². The molecule has 1 aromatic heterocycles. The lowest BCUT2D eigenvalue weighted by atomic mass is 9.95. The zero-order valence-corrected chi connectivity index (χ0v) is 11.9. The molecule has 1 aromatic rings. The fourth-order valence-corrected chi connectivity index (χ4v) is 2.62. The molecule has 102 valence electrons. The normalized spacial score (nSPS) is 24.6. The summed E-state index contributed by atoms with van der Waals surface area (Å²) in [7, 11) is 0. The van der Waals surface area contributed by atoms with E-state index in [2.05, 4.69) is 36.4 Å². The van der Waals surface area contributed by atoms with Crippen molar-refractivity contribution in [1.29, 1.82) is 0 Å². The molecule has 2 rings (SSSR count). The average molecular weight is 250 g/mol. The van der Waals surface area contributed by atoms with E-state index in [1.807, 2.05) is 0 Å². The maximum atomic E-state index is 6.09. The van der Waals surface area contributed by atoms with Crippen molar-refractivity contribution in [1.82, 2.24) is 9.55 Å². The molecular weight excluding hydrogens is 224 g/mol. The van der Waals surface area contributed by atoms with Gasteiger partial charge in [-0.3, -0.25) is 0 Å². The molecule has 18 heavy (non-hydrogen) atoms. The summed E-state index contributed by atoms with van der Waals surface area (Å²) in [6.07, 6.45) is 5.68. The lowest BCUT2D eigenvalue weighted by Crippen LogP contribution is -2.46. The number of nitrogens with two attached hydrogens (primary N) is 1. The van der Waals surface area contributed by atoms with Crippen molar-refractivity contribution >= 4 is 5.95 Å². The second-order valence-corrected chi connectivity index (χ2v) is 5.61. The molecule has 2 N–H and O–H groups in total. The van der Waals surface area contributed by atoms with E-state index in [-0.39, 0.29) is 0 Å². The van der Waals surface area contributed by atoms with E-state index in [9.17, 15) is 0 Å². The van der Waals surface area contributed by atoms with E-state index in [1.54, 1.807) is 0 Å².